The lowest BCUT2D eigenvalue weighted by molar-refractivity contribution is -0.122. The van der Waals surface area contributed by atoms with Crippen LogP contribution >= 0.6 is 23.2 Å². The SMILES string of the molecule is CCN(CC)CC.ClCCl.O=CO. The smallest absolute Gasteiger partial charge is 0.290 e. The molecule has 13 heavy (non-hydrogen) atoms. The molecule has 0 rings (SSSR count). The predicted molar refractivity (Wildman–Crippen MR) is 58.7 cm³/mol. The van der Waals surface area contributed by atoms with Crippen LogP contribution < -0.4 is 0 Å². The zero-order valence-corrected chi connectivity index (χ0v) is 9.98. The monoisotopic (exact) mass is 231 g/mol. The van der Waals surface area contributed by atoms with Gasteiger partial charge in [-0.1, -0.05) is 20.8 Å². The summed E-state index contributed by atoms with van der Waals surface area (Å²) in [5, 5.41) is 7.08. The van der Waals surface area contributed by atoms with Gasteiger partial charge in [0.05, 0.1) is 5.34 Å². The quantitative estimate of drug-likeness (QED) is 0.600. The maximum absolute atomic E-state index is 8.36. The van der Waals surface area contributed by atoms with Crippen LogP contribution in [0.2, 0.25) is 0 Å². The van der Waals surface area contributed by atoms with Crippen LogP contribution in [0.1, 0.15) is 20.8 Å². The van der Waals surface area contributed by atoms with E-state index in [0.717, 1.165) is 0 Å². The Morgan fingerprint density at radius 3 is 1.31 bits per heavy atom. The zero-order valence-electron chi connectivity index (χ0n) is 8.46. The molecule has 0 aliphatic carbocycles. The fourth-order valence-electron chi connectivity index (χ4n) is 0.671. The van der Waals surface area contributed by atoms with Crippen molar-refractivity contribution in [2.24, 2.45) is 0 Å². The molecule has 0 atom stereocenters. The van der Waals surface area contributed by atoms with Crippen LogP contribution in [0.25, 0.3) is 0 Å². The first-order chi connectivity index (χ1) is 6.17. The van der Waals surface area contributed by atoms with Crippen molar-refractivity contribution >= 4 is 29.7 Å². The van der Waals surface area contributed by atoms with E-state index in [4.69, 9.17) is 33.1 Å². The standard InChI is InChI=1S/C6H15N.CH2Cl2.CH2O2/c1-4-7(5-2)6-3;2*2-1-3/h4-6H2,1-3H3;1H2;1H,(H,2,3). The van der Waals surface area contributed by atoms with Crippen molar-refractivity contribution in [3.05, 3.63) is 0 Å². The summed E-state index contributed by atoms with van der Waals surface area (Å²) in [6, 6.07) is 0. The minimum Gasteiger partial charge on any atom is -0.483 e. The van der Waals surface area contributed by atoms with E-state index in [1.807, 2.05) is 0 Å². The Hall–Kier alpha value is 0.01000. The second-order valence-electron chi connectivity index (χ2n) is 1.83. The van der Waals surface area contributed by atoms with Crippen molar-refractivity contribution in [2.75, 3.05) is 25.0 Å². The highest BCUT2D eigenvalue weighted by Crippen LogP contribution is 1.81. The summed E-state index contributed by atoms with van der Waals surface area (Å²) in [4.78, 5) is 10.7. The molecule has 0 saturated carbocycles. The summed E-state index contributed by atoms with van der Waals surface area (Å²) in [7, 11) is 0. The molecule has 0 radical (unpaired) electrons. The molecule has 0 aliphatic rings. The van der Waals surface area contributed by atoms with Gasteiger partial charge in [-0.2, -0.15) is 0 Å². The molecule has 3 nitrogen and oxygen atoms in total. The Morgan fingerprint density at radius 1 is 1.15 bits per heavy atom. The van der Waals surface area contributed by atoms with Gasteiger partial charge in [-0.25, -0.2) is 0 Å². The molecule has 82 valence electrons. The van der Waals surface area contributed by atoms with Gasteiger partial charge in [0.1, 0.15) is 0 Å². The molecule has 0 bridgehead atoms. The number of halogens is 2. The van der Waals surface area contributed by atoms with Gasteiger partial charge >= 0.3 is 0 Å². The molecule has 0 aromatic rings. The number of rotatable bonds is 3. The van der Waals surface area contributed by atoms with Gasteiger partial charge in [0.15, 0.2) is 0 Å². The van der Waals surface area contributed by atoms with E-state index in [1.165, 1.54) is 19.6 Å². The predicted octanol–water partition coefficient (Wildman–Crippen LogP) is 2.47. The van der Waals surface area contributed by atoms with E-state index in [2.05, 4.69) is 25.7 Å². The first-order valence-electron chi connectivity index (χ1n) is 4.10. The molecular formula is C8H19Cl2NO2. The van der Waals surface area contributed by atoms with E-state index < -0.39 is 0 Å². The summed E-state index contributed by atoms with van der Waals surface area (Å²) in [6.07, 6.45) is 0. The molecule has 0 heterocycles. The number of hydrogen-bond donors (Lipinski definition) is 1. The molecule has 0 aliphatic heterocycles. The van der Waals surface area contributed by atoms with Gasteiger partial charge in [-0.15, -0.1) is 23.2 Å². The third kappa shape index (κ3) is 33.3. The van der Waals surface area contributed by atoms with Crippen molar-refractivity contribution in [1.82, 2.24) is 4.90 Å². The Morgan fingerprint density at radius 2 is 1.31 bits per heavy atom. The zero-order chi connectivity index (χ0) is 11.1. The van der Waals surface area contributed by atoms with E-state index in [9.17, 15) is 0 Å². The molecule has 0 saturated heterocycles. The van der Waals surface area contributed by atoms with Crippen LogP contribution in [0.15, 0.2) is 0 Å². The van der Waals surface area contributed by atoms with Gasteiger partial charge in [0, 0.05) is 0 Å². The van der Waals surface area contributed by atoms with Crippen molar-refractivity contribution in [2.45, 2.75) is 20.8 Å². The van der Waals surface area contributed by atoms with Gasteiger partial charge in [0.25, 0.3) is 6.47 Å². The Kier molecular flexibility index (Phi) is 32.7. The largest absolute Gasteiger partial charge is 0.483 e. The van der Waals surface area contributed by atoms with Crippen LogP contribution in [0.3, 0.4) is 0 Å². The molecule has 0 aromatic heterocycles. The van der Waals surface area contributed by atoms with E-state index in [-0.39, 0.29) is 11.8 Å². The van der Waals surface area contributed by atoms with Crippen LogP contribution in [0.4, 0.5) is 0 Å². The lowest BCUT2D eigenvalue weighted by Crippen LogP contribution is -2.21. The second kappa shape index (κ2) is 22.7. The summed E-state index contributed by atoms with van der Waals surface area (Å²) in [6.45, 7) is 9.88. The molecule has 1 N–H and O–H groups in total. The number of alkyl halides is 2. The first kappa shape index (κ1) is 18.7. The summed E-state index contributed by atoms with van der Waals surface area (Å²) >= 11 is 9.53. The molecule has 0 unspecified atom stereocenters. The fourth-order valence-corrected chi connectivity index (χ4v) is 0.671. The van der Waals surface area contributed by atoms with E-state index in [1.54, 1.807) is 0 Å². The van der Waals surface area contributed by atoms with Gasteiger partial charge in [-0.05, 0) is 19.6 Å². The van der Waals surface area contributed by atoms with Crippen molar-refractivity contribution in [1.29, 1.82) is 0 Å². The molecular weight excluding hydrogens is 213 g/mol. The fraction of sp³-hybridized carbons (Fsp3) is 0.875. The topological polar surface area (TPSA) is 40.5 Å². The lowest BCUT2D eigenvalue weighted by Gasteiger charge is -2.13. The van der Waals surface area contributed by atoms with E-state index >= 15 is 0 Å². The number of nitrogens with zero attached hydrogens (tertiary/aromatic N) is 1. The minimum absolute atomic E-state index is 0.194. The second-order valence-corrected chi connectivity index (χ2v) is 2.63. The highest BCUT2D eigenvalue weighted by atomic mass is 35.5. The average Bonchev–Trinajstić information content (AvgIpc) is 2.10. The maximum atomic E-state index is 8.36. The van der Waals surface area contributed by atoms with Crippen molar-refractivity contribution in [3.63, 3.8) is 0 Å². The molecule has 5 heteroatoms. The third-order valence-electron chi connectivity index (χ3n) is 1.34. The number of carboxylic acid groups (broad SMARTS) is 1. The number of carbonyl (C=O) groups is 1. The Balaban J connectivity index is -0.000000140. The third-order valence-corrected chi connectivity index (χ3v) is 1.34. The molecule has 0 spiro atoms. The first-order valence-corrected chi connectivity index (χ1v) is 5.17. The summed E-state index contributed by atoms with van der Waals surface area (Å²) in [5.74, 6) is 0. The van der Waals surface area contributed by atoms with Crippen LogP contribution in [-0.4, -0.2) is 41.5 Å². The number of hydrogen-bond acceptors (Lipinski definition) is 2. The normalized spacial score (nSPS) is 7.85. The summed E-state index contributed by atoms with van der Waals surface area (Å²) in [5.41, 5.74) is 0. The van der Waals surface area contributed by atoms with E-state index in [0.29, 0.717) is 0 Å². The van der Waals surface area contributed by atoms with Crippen molar-refractivity contribution < 1.29 is 9.90 Å². The van der Waals surface area contributed by atoms with Crippen LogP contribution in [0.5, 0.6) is 0 Å². The van der Waals surface area contributed by atoms with Crippen LogP contribution in [0, 0.1) is 0 Å². The van der Waals surface area contributed by atoms with Gasteiger partial charge < -0.3 is 10.0 Å². The van der Waals surface area contributed by atoms with Gasteiger partial charge in [-0.3, -0.25) is 4.79 Å². The summed E-state index contributed by atoms with van der Waals surface area (Å²) < 4.78 is 0. The molecule has 0 aromatic carbocycles. The Bertz CT molecular complexity index is 75.0. The minimum atomic E-state index is -0.250. The molecule has 0 fully saturated rings. The lowest BCUT2D eigenvalue weighted by atomic mass is 10.5. The highest BCUT2D eigenvalue weighted by molar-refractivity contribution is 6.40. The maximum Gasteiger partial charge on any atom is 0.290 e. The Labute approximate surface area is 90.6 Å². The highest BCUT2D eigenvalue weighted by Gasteiger charge is 1.89. The average molecular weight is 232 g/mol. The van der Waals surface area contributed by atoms with Crippen molar-refractivity contribution in [3.8, 4) is 0 Å². The van der Waals surface area contributed by atoms with Gasteiger partial charge in [0.2, 0.25) is 0 Å². The van der Waals surface area contributed by atoms with Crippen LogP contribution in [-0.2, 0) is 4.79 Å². The molecule has 0 amide bonds.